The Hall–Kier alpha value is -0.390. The lowest BCUT2D eigenvalue weighted by atomic mass is 10.1. The fourth-order valence-electron chi connectivity index (χ4n) is 1.52. The van der Waals surface area contributed by atoms with Crippen LogP contribution < -0.4 is 10.9 Å². The molecule has 0 radical (unpaired) electrons. The summed E-state index contributed by atoms with van der Waals surface area (Å²) in [6.45, 7) is 0. The van der Waals surface area contributed by atoms with Gasteiger partial charge in [-0.1, -0.05) is 0 Å². The minimum Gasteiger partial charge on any atom is -0.291 e. The molecule has 0 unspecified atom stereocenters. The summed E-state index contributed by atoms with van der Waals surface area (Å²) in [7, 11) is 1.71. The van der Waals surface area contributed by atoms with Gasteiger partial charge < -0.3 is 0 Å². The van der Waals surface area contributed by atoms with E-state index in [4.69, 9.17) is 0 Å². The number of halogens is 1. The number of nitrogens with one attached hydrogen (secondary N) is 2. The predicted molar refractivity (Wildman–Crippen MR) is 60.1 cm³/mol. The Morgan fingerprint density at radius 3 is 2.71 bits per heavy atom. The van der Waals surface area contributed by atoms with E-state index in [1.807, 2.05) is 12.1 Å². The van der Waals surface area contributed by atoms with Crippen LogP contribution in [0.1, 0.15) is 17.7 Å². The minimum absolute atomic E-state index is 0.0781. The Balaban J connectivity index is 2.21. The highest BCUT2D eigenvalue weighted by Crippen LogP contribution is 2.51. The fraction of sp³-hybridized carbons (Fsp3) is 0.444. The van der Waals surface area contributed by atoms with E-state index in [2.05, 4.69) is 26.8 Å². The van der Waals surface area contributed by atoms with Crippen molar-refractivity contribution in [3.05, 3.63) is 20.8 Å². The third-order valence-electron chi connectivity index (χ3n) is 2.47. The Morgan fingerprint density at radius 2 is 2.29 bits per heavy atom. The average molecular weight is 275 g/mol. The number of hydrazine groups is 1. The first-order chi connectivity index (χ1) is 6.69. The SMILES string of the molecule is CNNC(=O)C1(c2ccc(Br)s2)CC1. The van der Waals surface area contributed by atoms with Crippen molar-refractivity contribution in [1.29, 1.82) is 0 Å². The molecule has 1 aromatic heterocycles. The van der Waals surface area contributed by atoms with Crippen LogP contribution >= 0.6 is 27.3 Å². The first-order valence-electron chi connectivity index (χ1n) is 4.42. The summed E-state index contributed by atoms with van der Waals surface area (Å²) in [5.74, 6) is 0.0781. The molecular formula is C9H11BrN2OS. The Morgan fingerprint density at radius 1 is 1.57 bits per heavy atom. The zero-order chi connectivity index (χ0) is 10.2. The van der Waals surface area contributed by atoms with E-state index in [1.54, 1.807) is 18.4 Å². The van der Waals surface area contributed by atoms with Gasteiger partial charge in [-0.3, -0.25) is 10.2 Å². The lowest BCUT2D eigenvalue weighted by Gasteiger charge is -2.12. The molecule has 0 aliphatic heterocycles. The number of carbonyl (C=O) groups is 1. The second-order valence-electron chi connectivity index (χ2n) is 3.39. The highest BCUT2D eigenvalue weighted by atomic mass is 79.9. The number of hydrogen-bond donors (Lipinski definition) is 2. The number of rotatable bonds is 3. The molecule has 14 heavy (non-hydrogen) atoms. The van der Waals surface area contributed by atoms with Gasteiger partial charge >= 0.3 is 0 Å². The maximum atomic E-state index is 11.8. The Labute approximate surface area is 95.0 Å². The lowest BCUT2D eigenvalue weighted by Crippen LogP contribution is -2.41. The summed E-state index contributed by atoms with van der Waals surface area (Å²) in [5, 5.41) is 0. The zero-order valence-corrected chi connectivity index (χ0v) is 10.2. The molecule has 1 amide bonds. The first-order valence-corrected chi connectivity index (χ1v) is 6.03. The first kappa shape index (κ1) is 10.1. The van der Waals surface area contributed by atoms with Gasteiger partial charge in [-0.05, 0) is 40.9 Å². The van der Waals surface area contributed by atoms with Crippen LogP contribution in [-0.2, 0) is 10.2 Å². The maximum Gasteiger partial charge on any atom is 0.245 e. The molecule has 1 aliphatic carbocycles. The van der Waals surface area contributed by atoms with E-state index < -0.39 is 0 Å². The van der Waals surface area contributed by atoms with E-state index in [1.165, 1.54) is 0 Å². The van der Waals surface area contributed by atoms with Gasteiger partial charge in [-0.25, -0.2) is 5.43 Å². The smallest absolute Gasteiger partial charge is 0.245 e. The normalized spacial score (nSPS) is 17.9. The fourth-order valence-corrected chi connectivity index (χ4v) is 3.14. The molecule has 1 saturated carbocycles. The largest absolute Gasteiger partial charge is 0.291 e. The van der Waals surface area contributed by atoms with Crippen LogP contribution in [0.15, 0.2) is 15.9 Å². The quantitative estimate of drug-likeness (QED) is 0.826. The molecule has 1 aliphatic rings. The van der Waals surface area contributed by atoms with Gasteiger partial charge in [-0.15, -0.1) is 11.3 Å². The highest BCUT2D eigenvalue weighted by Gasteiger charge is 2.52. The van der Waals surface area contributed by atoms with Crippen molar-refractivity contribution in [1.82, 2.24) is 10.9 Å². The van der Waals surface area contributed by atoms with Crippen LogP contribution in [0.25, 0.3) is 0 Å². The van der Waals surface area contributed by atoms with Crippen LogP contribution in [0.3, 0.4) is 0 Å². The minimum atomic E-state index is -0.250. The van der Waals surface area contributed by atoms with E-state index >= 15 is 0 Å². The van der Waals surface area contributed by atoms with Crippen LogP contribution in [0.2, 0.25) is 0 Å². The van der Waals surface area contributed by atoms with Gasteiger partial charge in [0.05, 0.1) is 9.20 Å². The molecule has 0 bridgehead atoms. The summed E-state index contributed by atoms with van der Waals surface area (Å²) < 4.78 is 1.08. The lowest BCUT2D eigenvalue weighted by molar-refractivity contribution is -0.124. The molecule has 5 heteroatoms. The van der Waals surface area contributed by atoms with Crippen molar-refractivity contribution in [2.45, 2.75) is 18.3 Å². The van der Waals surface area contributed by atoms with Gasteiger partial charge in [0.25, 0.3) is 0 Å². The third-order valence-corrected chi connectivity index (χ3v) is 4.30. The maximum absolute atomic E-state index is 11.8. The summed E-state index contributed by atoms with van der Waals surface area (Å²) in [6, 6.07) is 4.02. The number of amides is 1. The van der Waals surface area contributed by atoms with Crippen molar-refractivity contribution in [2.24, 2.45) is 0 Å². The Bertz CT molecular complexity index is 359. The standard InChI is InChI=1S/C9H11BrN2OS/c1-11-12-8(13)9(4-5-9)6-2-3-7(10)14-6/h2-3,11H,4-5H2,1H3,(H,12,13). The van der Waals surface area contributed by atoms with Gasteiger partial charge in [-0.2, -0.15) is 0 Å². The molecule has 2 N–H and O–H groups in total. The van der Waals surface area contributed by atoms with Gasteiger partial charge in [0, 0.05) is 11.9 Å². The topological polar surface area (TPSA) is 41.1 Å². The molecule has 0 saturated heterocycles. The summed E-state index contributed by atoms with van der Waals surface area (Å²) >= 11 is 5.05. The summed E-state index contributed by atoms with van der Waals surface area (Å²) in [4.78, 5) is 12.9. The van der Waals surface area contributed by atoms with Crippen LogP contribution in [-0.4, -0.2) is 13.0 Å². The van der Waals surface area contributed by atoms with Crippen molar-refractivity contribution < 1.29 is 4.79 Å². The molecule has 1 heterocycles. The number of carbonyl (C=O) groups excluding carboxylic acids is 1. The van der Waals surface area contributed by atoms with Crippen LogP contribution in [0.4, 0.5) is 0 Å². The molecule has 2 rings (SSSR count). The number of thiophene rings is 1. The predicted octanol–water partition coefficient (Wildman–Crippen LogP) is 1.79. The Kier molecular flexibility index (Phi) is 2.64. The summed E-state index contributed by atoms with van der Waals surface area (Å²) in [6.07, 6.45) is 1.90. The van der Waals surface area contributed by atoms with Gasteiger partial charge in [0.1, 0.15) is 0 Å². The van der Waals surface area contributed by atoms with E-state index in [0.717, 1.165) is 21.5 Å². The molecule has 0 aromatic carbocycles. The molecule has 76 valence electrons. The van der Waals surface area contributed by atoms with E-state index in [0.29, 0.717) is 0 Å². The van der Waals surface area contributed by atoms with Crippen molar-refractivity contribution in [3.63, 3.8) is 0 Å². The zero-order valence-electron chi connectivity index (χ0n) is 7.76. The third kappa shape index (κ3) is 1.60. The summed E-state index contributed by atoms with van der Waals surface area (Å²) in [5.41, 5.74) is 5.09. The van der Waals surface area contributed by atoms with Gasteiger partial charge in [0.2, 0.25) is 5.91 Å². The van der Waals surface area contributed by atoms with Crippen molar-refractivity contribution in [3.8, 4) is 0 Å². The number of hydrogen-bond acceptors (Lipinski definition) is 3. The van der Waals surface area contributed by atoms with Crippen molar-refractivity contribution in [2.75, 3.05) is 7.05 Å². The monoisotopic (exact) mass is 274 g/mol. The molecular weight excluding hydrogens is 264 g/mol. The van der Waals surface area contributed by atoms with Gasteiger partial charge in [0.15, 0.2) is 0 Å². The molecule has 3 nitrogen and oxygen atoms in total. The second-order valence-corrected chi connectivity index (χ2v) is 5.85. The van der Waals surface area contributed by atoms with E-state index in [-0.39, 0.29) is 11.3 Å². The molecule has 1 fully saturated rings. The molecule has 0 spiro atoms. The van der Waals surface area contributed by atoms with Crippen LogP contribution in [0.5, 0.6) is 0 Å². The van der Waals surface area contributed by atoms with Crippen LogP contribution in [0, 0.1) is 0 Å². The molecule has 1 aromatic rings. The highest BCUT2D eigenvalue weighted by molar-refractivity contribution is 9.11. The van der Waals surface area contributed by atoms with Crippen molar-refractivity contribution >= 4 is 33.2 Å². The van der Waals surface area contributed by atoms with E-state index in [9.17, 15) is 4.79 Å². The molecule has 0 atom stereocenters. The second kappa shape index (κ2) is 3.64. The average Bonchev–Trinajstić information content (AvgIpc) is 2.85.